The molecule has 20 heavy (non-hydrogen) atoms. The Hall–Kier alpha value is -1.52. The predicted molar refractivity (Wildman–Crippen MR) is 81.1 cm³/mol. The summed E-state index contributed by atoms with van der Waals surface area (Å²) in [6, 6.07) is 7.20. The molecule has 5 heteroatoms. The molecular weight excluding hydrogens is 276 g/mol. The van der Waals surface area contributed by atoms with Gasteiger partial charge >= 0.3 is 0 Å². The van der Waals surface area contributed by atoms with Crippen molar-refractivity contribution in [2.75, 3.05) is 6.54 Å². The zero-order valence-corrected chi connectivity index (χ0v) is 12.4. The van der Waals surface area contributed by atoms with Gasteiger partial charge in [0.05, 0.1) is 6.10 Å². The van der Waals surface area contributed by atoms with E-state index in [0.29, 0.717) is 10.7 Å². The van der Waals surface area contributed by atoms with Gasteiger partial charge in [-0.2, -0.15) is 0 Å². The minimum absolute atomic E-state index is 0.164. The fourth-order valence-corrected chi connectivity index (χ4v) is 2.16. The molecule has 2 rings (SSSR count). The molecule has 1 aromatic heterocycles. The summed E-state index contributed by atoms with van der Waals surface area (Å²) >= 11 is 5.91. The molecule has 0 saturated heterocycles. The Kier molecular flexibility index (Phi) is 4.68. The summed E-state index contributed by atoms with van der Waals surface area (Å²) in [7, 11) is 0. The summed E-state index contributed by atoms with van der Waals surface area (Å²) in [5, 5.41) is 14.1. The fourth-order valence-electron chi connectivity index (χ4n) is 1.99. The Balaban J connectivity index is 2.04. The lowest BCUT2D eigenvalue weighted by Gasteiger charge is -2.17. The van der Waals surface area contributed by atoms with Gasteiger partial charge in [-0.1, -0.05) is 37.9 Å². The molecule has 3 N–H and O–H groups in total. The van der Waals surface area contributed by atoms with E-state index in [0.717, 1.165) is 17.3 Å². The third-order valence-corrected chi connectivity index (χ3v) is 3.84. The van der Waals surface area contributed by atoms with Crippen LogP contribution in [0.5, 0.6) is 0 Å². The molecule has 0 saturated carbocycles. The Morgan fingerprint density at radius 2 is 2.20 bits per heavy atom. The second-order valence-electron chi connectivity index (χ2n) is 5.08. The molecule has 0 aliphatic heterocycles. The van der Waals surface area contributed by atoms with E-state index in [9.17, 15) is 9.90 Å². The van der Waals surface area contributed by atoms with Crippen LogP contribution < -0.4 is 5.32 Å². The van der Waals surface area contributed by atoms with Crippen molar-refractivity contribution in [3.8, 4) is 0 Å². The number of carbonyl (C=O) groups excluding carboxylic acids is 1. The first-order valence-electron chi connectivity index (χ1n) is 6.75. The van der Waals surface area contributed by atoms with Gasteiger partial charge in [0, 0.05) is 22.5 Å². The van der Waals surface area contributed by atoms with Crippen molar-refractivity contribution < 1.29 is 9.90 Å². The minimum Gasteiger partial charge on any atom is -0.391 e. The highest BCUT2D eigenvalue weighted by Crippen LogP contribution is 2.19. The fraction of sp³-hybridized carbons (Fsp3) is 0.400. The quantitative estimate of drug-likeness (QED) is 0.794. The first kappa shape index (κ1) is 14.9. The standard InChI is InChI=1S/C15H19ClN2O2/c1-3-9(2)14(19)8-17-15(20)13-6-10-4-5-11(16)7-12(10)18-13/h4-7,9,14,18-19H,3,8H2,1-2H3,(H,17,20). The predicted octanol–water partition coefficient (Wildman–Crippen LogP) is 2.96. The van der Waals surface area contributed by atoms with E-state index >= 15 is 0 Å². The number of nitrogens with one attached hydrogen (secondary N) is 2. The van der Waals surface area contributed by atoms with Crippen LogP contribution in [-0.4, -0.2) is 28.6 Å². The SMILES string of the molecule is CCC(C)C(O)CNC(=O)c1cc2ccc(Cl)cc2[nH]1. The summed E-state index contributed by atoms with van der Waals surface area (Å²) in [6.07, 6.45) is 0.352. The normalized spacial score (nSPS) is 14.2. The van der Waals surface area contributed by atoms with Gasteiger partial charge in [0.1, 0.15) is 5.69 Å². The van der Waals surface area contributed by atoms with Gasteiger partial charge in [-0.15, -0.1) is 0 Å². The van der Waals surface area contributed by atoms with Crippen molar-refractivity contribution in [3.63, 3.8) is 0 Å². The van der Waals surface area contributed by atoms with Crippen LogP contribution in [0.2, 0.25) is 5.02 Å². The zero-order chi connectivity index (χ0) is 14.7. The highest BCUT2D eigenvalue weighted by Gasteiger charge is 2.15. The van der Waals surface area contributed by atoms with E-state index < -0.39 is 6.10 Å². The summed E-state index contributed by atoms with van der Waals surface area (Å²) in [6.45, 7) is 4.23. The van der Waals surface area contributed by atoms with Crippen LogP contribution in [0.15, 0.2) is 24.3 Å². The number of fused-ring (bicyclic) bond motifs is 1. The van der Waals surface area contributed by atoms with Crippen LogP contribution in [0.1, 0.15) is 30.8 Å². The smallest absolute Gasteiger partial charge is 0.267 e. The largest absolute Gasteiger partial charge is 0.391 e. The lowest BCUT2D eigenvalue weighted by Crippen LogP contribution is -2.35. The van der Waals surface area contributed by atoms with E-state index in [1.165, 1.54) is 0 Å². The van der Waals surface area contributed by atoms with Gasteiger partial charge in [0.15, 0.2) is 0 Å². The number of amides is 1. The Labute approximate surface area is 123 Å². The summed E-state index contributed by atoms with van der Waals surface area (Å²) < 4.78 is 0. The van der Waals surface area contributed by atoms with E-state index in [2.05, 4.69) is 10.3 Å². The third kappa shape index (κ3) is 3.32. The molecule has 0 fully saturated rings. The molecule has 108 valence electrons. The molecule has 0 spiro atoms. The molecule has 2 atom stereocenters. The molecule has 0 aliphatic carbocycles. The van der Waals surface area contributed by atoms with E-state index in [-0.39, 0.29) is 18.4 Å². The Morgan fingerprint density at radius 3 is 2.90 bits per heavy atom. The number of aromatic amines is 1. The van der Waals surface area contributed by atoms with E-state index in [1.807, 2.05) is 19.9 Å². The number of halogens is 1. The van der Waals surface area contributed by atoms with Crippen molar-refractivity contribution in [2.24, 2.45) is 5.92 Å². The highest BCUT2D eigenvalue weighted by molar-refractivity contribution is 6.31. The Bertz CT molecular complexity index is 609. The molecule has 0 bridgehead atoms. The second kappa shape index (κ2) is 6.29. The van der Waals surface area contributed by atoms with Crippen molar-refractivity contribution in [1.82, 2.24) is 10.3 Å². The monoisotopic (exact) mass is 294 g/mol. The number of rotatable bonds is 5. The van der Waals surface area contributed by atoms with Crippen molar-refractivity contribution in [3.05, 3.63) is 35.0 Å². The third-order valence-electron chi connectivity index (χ3n) is 3.60. The maximum atomic E-state index is 12.0. The number of hydrogen-bond donors (Lipinski definition) is 3. The molecule has 1 aromatic carbocycles. The summed E-state index contributed by atoms with van der Waals surface area (Å²) in [5.41, 5.74) is 1.30. The van der Waals surface area contributed by atoms with Crippen molar-refractivity contribution in [1.29, 1.82) is 0 Å². The lowest BCUT2D eigenvalue weighted by molar-refractivity contribution is 0.0846. The number of aliphatic hydroxyl groups is 1. The van der Waals surface area contributed by atoms with E-state index in [4.69, 9.17) is 11.6 Å². The number of carbonyl (C=O) groups is 1. The van der Waals surface area contributed by atoms with Crippen molar-refractivity contribution >= 4 is 28.4 Å². The van der Waals surface area contributed by atoms with Gasteiger partial charge in [0.25, 0.3) is 5.91 Å². The van der Waals surface area contributed by atoms with Crippen LogP contribution in [0.4, 0.5) is 0 Å². The first-order valence-corrected chi connectivity index (χ1v) is 7.13. The molecule has 0 aliphatic rings. The maximum Gasteiger partial charge on any atom is 0.267 e. The molecule has 4 nitrogen and oxygen atoms in total. The molecule has 1 heterocycles. The van der Waals surface area contributed by atoms with Gasteiger partial charge in [0.2, 0.25) is 0 Å². The van der Waals surface area contributed by atoms with Gasteiger partial charge in [-0.05, 0) is 24.1 Å². The van der Waals surface area contributed by atoms with E-state index in [1.54, 1.807) is 18.2 Å². The maximum absolute atomic E-state index is 12.0. The van der Waals surface area contributed by atoms with Crippen LogP contribution in [0.3, 0.4) is 0 Å². The number of aromatic nitrogens is 1. The molecule has 2 unspecified atom stereocenters. The number of benzene rings is 1. The van der Waals surface area contributed by atoms with Crippen LogP contribution in [-0.2, 0) is 0 Å². The lowest BCUT2D eigenvalue weighted by atomic mass is 10.0. The second-order valence-corrected chi connectivity index (χ2v) is 5.51. The number of aliphatic hydroxyl groups excluding tert-OH is 1. The average molecular weight is 295 g/mol. The summed E-state index contributed by atoms with van der Waals surface area (Å²) in [4.78, 5) is 15.1. The van der Waals surface area contributed by atoms with Crippen LogP contribution in [0, 0.1) is 5.92 Å². The number of hydrogen-bond acceptors (Lipinski definition) is 2. The zero-order valence-electron chi connectivity index (χ0n) is 11.6. The summed E-state index contributed by atoms with van der Waals surface area (Å²) in [5.74, 6) is -0.0588. The molecule has 1 amide bonds. The Morgan fingerprint density at radius 1 is 1.45 bits per heavy atom. The van der Waals surface area contributed by atoms with Gasteiger partial charge in [-0.25, -0.2) is 0 Å². The van der Waals surface area contributed by atoms with Crippen molar-refractivity contribution in [2.45, 2.75) is 26.4 Å². The minimum atomic E-state index is -0.525. The van der Waals surface area contributed by atoms with Crippen LogP contribution >= 0.6 is 11.6 Å². The van der Waals surface area contributed by atoms with Gasteiger partial charge < -0.3 is 15.4 Å². The molecule has 2 aromatic rings. The first-order chi connectivity index (χ1) is 9.51. The molecule has 0 radical (unpaired) electrons. The average Bonchev–Trinajstić information content (AvgIpc) is 2.86. The van der Waals surface area contributed by atoms with Crippen LogP contribution in [0.25, 0.3) is 10.9 Å². The number of H-pyrrole nitrogens is 1. The molecular formula is C15H19ClN2O2. The topological polar surface area (TPSA) is 65.1 Å². The highest BCUT2D eigenvalue weighted by atomic mass is 35.5. The van der Waals surface area contributed by atoms with Gasteiger partial charge in [-0.3, -0.25) is 4.79 Å².